The maximum absolute atomic E-state index is 12.9. The Balaban J connectivity index is 2.01. The molecule has 148 valence electrons. The number of para-hydroxylation sites is 1. The summed E-state index contributed by atoms with van der Waals surface area (Å²) in [6.45, 7) is 1.36. The summed E-state index contributed by atoms with van der Waals surface area (Å²) in [5.41, 5.74) is 0.315. The summed E-state index contributed by atoms with van der Waals surface area (Å²) in [6.07, 6.45) is 0.129. The molecule has 3 rings (SSSR count). The second-order valence-corrected chi connectivity index (χ2v) is 6.99. The molecular formula is C20H15BrN2O6. The zero-order valence-corrected chi connectivity index (χ0v) is 16.7. The van der Waals surface area contributed by atoms with E-state index in [1.54, 1.807) is 42.5 Å². The van der Waals surface area contributed by atoms with Gasteiger partial charge in [0.2, 0.25) is 0 Å². The molecule has 1 fully saturated rings. The van der Waals surface area contributed by atoms with Crippen molar-refractivity contribution in [2.75, 3.05) is 4.90 Å². The van der Waals surface area contributed by atoms with Gasteiger partial charge in [0.1, 0.15) is 11.3 Å². The number of ether oxygens (including phenoxy) is 1. The number of benzene rings is 2. The minimum atomic E-state index is -1.16. The molecule has 8 nitrogen and oxygen atoms in total. The van der Waals surface area contributed by atoms with Crippen LogP contribution in [0.3, 0.4) is 0 Å². The lowest BCUT2D eigenvalue weighted by Gasteiger charge is -2.26. The molecule has 2 aromatic rings. The molecule has 1 aliphatic rings. The van der Waals surface area contributed by atoms with Crippen molar-refractivity contribution in [3.63, 3.8) is 0 Å². The number of nitrogens with zero attached hydrogens (tertiary/aromatic N) is 1. The summed E-state index contributed by atoms with van der Waals surface area (Å²) in [5, 5.41) is 11.2. The van der Waals surface area contributed by atoms with E-state index in [1.807, 2.05) is 0 Å². The maximum atomic E-state index is 12.9. The number of carboxylic acid groups (broad SMARTS) is 1. The van der Waals surface area contributed by atoms with E-state index in [4.69, 9.17) is 9.84 Å². The van der Waals surface area contributed by atoms with Crippen molar-refractivity contribution in [2.24, 2.45) is 0 Å². The van der Waals surface area contributed by atoms with Crippen molar-refractivity contribution in [3.8, 4) is 5.75 Å². The van der Waals surface area contributed by atoms with Crippen molar-refractivity contribution >= 4 is 51.5 Å². The third kappa shape index (κ3) is 4.35. The normalized spacial score (nSPS) is 16.6. The molecule has 1 heterocycles. The summed E-state index contributed by atoms with van der Waals surface area (Å²) in [5.74, 6) is -2.64. The van der Waals surface area contributed by atoms with E-state index in [0.717, 1.165) is 4.90 Å². The van der Waals surface area contributed by atoms with Gasteiger partial charge in [0.25, 0.3) is 11.8 Å². The molecule has 0 unspecified atom stereocenters. The predicted octanol–water partition coefficient (Wildman–Crippen LogP) is 2.97. The van der Waals surface area contributed by atoms with E-state index in [0.29, 0.717) is 10.0 Å². The second-order valence-electron chi connectivity index (χ2n) is 6.07. The van der Waals surface area contributed by atoms with Crippen molar-refractivity contribution in [3.05, 3.63) is 64.1 Å². The molecule has 0 saturated carbocycles. The zero-order valence-electron chi connectivity index (χ0n) is 15.1. The first-order valence-corrected chi connectivity index (χ1v) is 9.22. The Morgan fingerprint density at radius 3 is 2.59 bits per heavy atom. The molecular weight excluding hydrogens is 444 g/mol. The highest BCUT2D eigenvalue weighted by Crippen LogP contribution is 2.27. The molecule has 0 bridgehead atoms. The van der Waals surface area contributed by atoms with E-state index in [-0.39, 0.29) is 17.0 Å². The van der Waals surface area contributed by atoms with E-state index in [1.165, 1.54) is 19.1 Å². The lowest BCUT2D eigenvalue weighted by Crippen LogP contribution is -2.54. The first-order valence-electron chi connectivity index (χ1n) is 8.43. The van der Waals surface area contributed by atoms with Crippen molar-refractivity contribution < 1.29 is 29.0 Å². The average Bonchev–Trinajstić information content (AvgIpc) is 2.66. The minimum Gasteiger partial charge on any atom is -0.479 e. The number of imide groups is 2. The SMILES string of the molecule is C[C@H](Oc1ccccc1/C=C1\C(=O)NC(=O)N(c2cccc(Br)c2)C1=O)C(=O)O. The molecule has 1 saturated heterocycles. The number of carbonyl (C=O) groups excluding carboxylic acids is 3. The van der Waals surface area contributed by atoms with Crippen LogP contribution in [-0.2, 0) is 14.4 Å². The number of amides is 4. The van der Waals surface area contributed by atoms with Crippen LogP contribution in [0.25, 0.3) is 6.08 Å². The van der Waals surface area contributed by atoms with Crippen LogP contribution in [0.1, 0.15) is 12.5 Å². The Kier molecular flexibility index (Phi) is 5.79. The lowest BCUT2D eigenvalue weighted by molar-refractivity contribution is -0.144. The van der Waals surface area contributed by atoms with Crippen LogP contribution in [0.2, 0.25) is 0 Å². The molecule has 2 N–H and O–H groups in total. The number of carbonyl (C=O) groups is 4. The average molecular weight is 459 g/mol. The number of rotatable bonds is 5. The smallest absolute Gasteiger partial charge is 0.344 e. The molecule has 0 radical (unpaired) electrons. The molecule has 1 atom stereocenters. The van der Waals surface area contributed by atoms with Crippen molar-refractivity contribution in [1.29, 1.82) is 0 Å². The molecule has 29 heavy (non-hydrogen) atoms. The Labute approximate surface area is 173 Å². The quantitative estimate of drug-likeness (QED) is 0.525. The van der Waals surface area contributed by atoms with Gasteiger partial charge in [-0.3, -0.25) is 14.9 Å². The van der Waals surface area contributed by atoms with Crippen LogP contribution in [0.4, 0.5) is 10.5 Å². The summed E-state index contributed by atoms with van der Waals surface area (Å²) in [4.78, 5) is 49.4. The van der Waals surface area contributed by atoms with Gasteiger partial charge in [-0.15, -0.1) is 0 Å². The van der Waals surface area contributed by atoms with Gasteiger partial charge in [0, 0.05) is 10.0 Å². The van der Waals surface area contributed by atoms with E-state index < -0.39 is 29.9 Å². The predicted molar refractivity (Wildman–Crippen MR) is 107 cm³/mol. The van der Waals surface area contributed by atoms with Crippen molar-refractivity contribution in [1.82, 2.24) is 5.32 Å². The number of hydrogen-bond acceptors (Lipinski definition) is 5. The molecule has 0 aromatic heterocycles. The highest BCUT2D eigenvalue weighted by atomic mass is 79.9. The second kappa shape index (κ2) is 8.27. The van der Waals surface area contributed by atoms with Crippen LogP contribution in [-0.4, -0.2) is 35.0 Å². The lowest BCUT2D eigenvalue weighted by atomic mass is 10.1. The van der Waals surface area contributed by atoms with Crippen LogP contribution < -0.4 is 15.0 Å². The number of halogens is 1. The Morgan fingerprint density at radius 2 is 1.90 bits per heavy atom. The van der Waals surface area contributed by atoms with Crippen LogP contribution in [0, 0.1) is 0 Å². The number of anilines is 1. The highest BCUT2D eigenvalue weighted by Gasteiger charge is 2.37. The third-order valence-corrected chi connectivity index (χ3v) is 4.53. The summed E-state index contributed by atoms with van der Waals surface area (Å²) >= 11 is 3.28. The molecule has 1 aliphatic heterocycles. The van der Waals surface area contributed by atoms with Gasteiger partial charge in [-0.2, -0.15) is 0 Å². The van der Waals surface area contributed by atoms with Gasteiger partial charge in [-0.05, 0) is 37.3 Å². The fraction of sp³-hybridized carbons (Fsp3) is 0.100. The van der Waals surface area contributed by atoms with E-state index >= 15 is 0 Å². The number of aliphatic carboxylic acids is 1. The van der Waals surface area contributed by atoms with Gasteiger partial charge in [-0.1, -0.05) is 40.2 Å². The molecule has 4 amide bonds. The number of nitrogens with one attached hydrogen (secondary N) is 1. The molecule has 0 spiro atoms. The Morgan fingerprint density at radius 1 is 1.17 bits per heavy atom. The standard InChI is InChI=1S/C20H15BrN2O6/c1-11(19(26)27)29-16-8-3-2-5-12(16)9-15-17(24)22-20(28)23(18(15)25)14-7-4-6-13(21)10-14/h2-11H,1H3,(H,26,27)(H,22,24,28)/b15-9+/t11-/m0/s1. The van der Waals surface area contributed by atoms with E-state index in [2.05, 4.69) is 21.2 Å². The van der Waals surface area contributed by atoms with Gasteiger partial charge >= 0.3 is 12.0 Å². The first kappa shape index (κ1) is 20.3. The topological polar surface area (TPSA) is 113 Å². The molecule has 9 heteroatoms. The van der Waals surface area contributed by atoms with Gasteiger partial charge in [-0.25, -0.2) is 14.5 Å². The number of carboxylic acids is 1. The number of barbiturate groups is 1. The number of urea groups is 1. The largest absolute Gasteiger partial charge is 0.479 e. The van der Waals surface area contributed by atoms with Crippen LogP contribution in [0.15, 0.2) is 58.6 Å². The summed E-state index contributed by atoms with van der Waals surface area (Å²) in [7, 11) is 0. The maximum Gasteiger partial charge on any atom is 0.344 e. The zero-order chi connectivity index (χ0) is 21.1. The van der Waals surface area contributed by atoms with E-state index in [9.17, 15) is 19.2 Å². The van der Waals surface area contributed by atoms with Gasteiger partial charge in [0.15, 0.2) is 6.10 Å². The molecule has 0 aliphatic carbocycles. The highest BCUT2D eigenvalue weighted by molar-refractivity contribution is 9.10. The summed E-state index contributed by atoms with van der Waals surface area (Å²) < 4.78 is 6.05. The first-order chi connectivity index (χ1) is 13.8. The van der Waals surface area contributed by atoms with Crippen LogP contribution >= 0.6 is 15.9 Å². The fourth-order valence-corrected chi connectivity index (χ4v) is 3.00. The minimum absolute atomic E-state index is 0.182. The monoisotopic (exact) mass is 458 g/mol. The number of hydrogen-bond donors (Lipinski definition) is 2. The van der Waals surface area contributed by atoms with Gasteiger partial charge < -0.3 is 9.84 Å². The fourth-order valence-electron chi connectivity index (χ4n) is 2.61. The third-order valence-electron chi connectivity index (χ3n) is 4.04. The van der Waals surface area contributed by atoms with Crippen molar-refractivity contribution in [2.45, 2.75) is 13.0 Å². The molecule has 2 aromatic carbocycles. The summed E-state index contributed by atoms with van der Waals surface area (Å²) in [6, 6.07) is 12.0. The Bertz CT molecular complexity index is 1050. The van der Waals surface area contributed by atoms with Gasteiger partial charge in [0.05, 0.1) is 5.69 Å². The van der Waals surface area contributed by atoms with Crippen LogP contribution in [0.5, 0.6) is 5.75 Å². The Hall–Kier alpha value is -3.46.